The average Bonchev–Trinajstić information content (AvgIpc) is 1.09. The Morgan fingerprint density at radius 3 is 1.02 bits per heavy atom. The van der Waals surface area contributed by atoms with E-state index in [1.165, 1.54) is 43.2 Å². The van der Waals surface area contributed by atoms with Crippen molar-refractivity contribution in [2.24, 2.45) is 60.9 Å². The van der Waals surface area contributed by atoms with Crippen LogP contribution in [0.1, 0.15) is 351 Å². The first-order chi connectivity index (χ1) is 47.7. The molecule has 0 saturated carbocycles. The first-order valence-electron chi connectivity index (χ1n) is 39.4. The fourth-order valence-corrected chi connectivity index (χ4v) is 19.3. The van der Waals surface area contributed by atoms with Crippen LogP contribution in [0.25, 0.3) is 0 Å². The van der Waals surface area contributed by atoms with Gasteiger partial charge in [-0.1, -0.05) is 60.5 Å². The minimum atomic E-state index is -3.24. The Morgan fingerprint density at radius 2 is 0.716 bits per heavy atom. The second-order valence-electron chi connectivity index (χ2n) is 40.5. The Hall–Kier alpha value is -3.88. The van der Waals surface area contributed by atoms with Gasteiger partial charge < -0.3 is 37.8 Å². The zero-order valence-electron chi connectivity index (χ0n) is 80.5. The number of imidazole rings is 1. The van der Waals surface area contributed by atoms with Crippen LogP contribution in [-0.4, -0.2) is 137 Å². The van der Waals surface area contributed by atoms with Crippen molar-refractivity contribution in [2.75, 3.05) is 7.05 Å². The summed E-state index contributed by atoms with van der Waals surface area (Å²) in [5, 5.41) is 6.21. The second-order valence-corrected chi connectivity index (χ2v) is 48.6. The van der Waals surface area contributed by atoms with E-state index in [1.807, 2.05) is 97.7 Å². The molecule has 0 saturated heterocycles. The zero-order chi connectivity index (χ0) is 87.4. The highest BCUT2D eigenvalue weighted by molar-refractivity contribution is 8.15. The largest absolute Gasteiger partial charge is 0.490 e. The number of hydrogen-bond acceptors (Lipinski definition) is 17. The lowest BCUT2D eigenvalue weighted by Crippen LogP contribution is -2.64. The van der Waals surface area contributed by atoms with Gasteiger partial charge in [-0.2, -0.15) is 0 Å². The van der Waals surface area contributed by atoms with Crippen molar-refractivity contribution in [3.05, 3.63) is 61.1 Å². The van der Waals surface area contributed by atoms with E-state index in [0.29, 0.717) is 16.6 Å². The Labute approximate surface area is 683 Å². The molecule has 2 aromatic heterocycles. The van der Waals surface area contributed by atoms with Gasteiger partial charge in [0.1, 0.15) is 44.5 Å². The number of ether oxygens (including phenoxy) is 4. The van der Waals surface area contributed by atoms with Crippen LogP contribution in [0.15, 0.2) is 46.5 Å². The van der Waals surface area contributed by atoms with Crippen LogP contribution in [0.5, 0.6) is 0 Å². The molecule has 632 valence electrons. The molecule has 0 fully saturated rings. The van der Waals surface area contributed by atoms with Crippen molar-refractivity contribution in [3.63, 3.8) is 0 Å². The molecule has 0 spiro atoms. The lowest BCUT2D eigenvalue weighted by Gasteiger charge is -2.58. The van der Waals surface area contributed by atoms with Gasteiger partial charge in [0.05, 0.1) is 53.4 Å². The third-order valence-corrected chi connectivity index (χ3v) is 36.7. The molecule has 0 radical (unpaired) electrons. The number of amidine groups is 1. The summed E-state index contributed by atoms with van der Waals surface area (Å²) in [6.45, 7) is 110. The summed E-state index contributed by atoms with van der Waals surface area (Å²) in [6.07, 6.45) is 0. The summed E-state index contributed by atoms with van der Waals surface area (Å²) in [7, 11) is 3.04. The van der Waals surface area contributed by atoms with Crippen LogP contribution in [0.2, 0.25) is 0 Å². The van der Waals surface area contributed by atoms with E-state index in [2.05, 4.69) is 299 Å². The summed E-state index contributed by atoms with van der Waals surface area (Å²) in [4.78, 5) is 32.3. The number of nitrogens with zero attached hydrogens (tertiary/aromatic N) is 9. The fourth-order valence-electron chi connectivity index (χ4n) is 13.2. The minimum absolute atomic E-state index is 0.00704. The predicted molar refractivity (Wildman–Crippen MR) is 481 cm³/mol. The van der Waals surface area contributed by atoms with Crippen molar-refractivity contribution in [1.29, 1.82) is 0 Å². The van der Waals surface area contributed by atoms with Gasteiger partial charge in [-0.05, 0) is 302 Å². The van der Waals surface area contributed by atoms with Gasteiger partial charge in [-0.15, -0.1) is 35.3 Å². The number of hydrogen-bond donors (Lipinski definition) is 0. The molecule has 9 heterocycles. The third-order valence-electron chi connectivity index (χ3n) is 29.4. The molecule has 109 heavy (non-hydrogen) atoms. The van der Waals surface area contributed by atoms with Crippen LogP contribution in [0.3, 0.4) is 0 Å². The van der Waals surface area contributed by atoms with Crippen LogP contribution < -0.4 is 0 Å². The molecule has 0 N–H and O–H groups in total. The standard InChI is InChI=1S/C12H24N2.C11H21NO.2C11H21NS.C10H18O3S.C10H18OS.C9H15N.C8H15NO2.C7H12N2/c1-9-13-11(4,5)10(2,3)12(6,7)14(9)8;3*1-8-12-10(4,5)9(2,3)11(6,7)13-8;1-7-8(2)14(11,12)10(5,6)9(3,4)13-7;1-7-8(2)12-10(5,6)9(3,4)11-7;1-6-7(2)9(4)10(5)8(6)3;1-6-9-11-8(4,5)7(2,3)10-6;1-5-6(2)9(4)7(3)8-5/h1-8H3;3*1-7H3;1-6H3;1-6H3;1-5H3;1-5H3;1-4H3. The highest BCUT2D eigenvalue weighted by Gasteiger charge is 2.57. The number of allylic oxidation sites excluding steroid dienone is 4. The van der Waals surface area contributed by atoms with Crippen LogP contribution in [-0.2, 0) is 47.7 Å². The van der Waals surface area contributed by atoms with E-state index >= 15 is 0 Å². The number of aliphatic imine (C=N–C) groups is 4. The van der Waals surface area contributed by atoms with Gasteiger partial charge in [0.15, 0.2) is 21.3 Å². The molecule has 0 aromatic carbocycles. The zero-order valence-corrected chi connectivity index (χ0v) is 83.8. The molecule has 0 bridgehead atoms. The van der Waals surface area contributed by atoms with Crippen LogP contribution >= 0.6 is 35.3 Å². The van der Waals surface area contributed by atoms with Crippen molar-refractivity contribution in [2.45, 2.75) is 435 Å². The SMILES string of the molecule is CC1=C(C)S(=O)(=O)C(C)(C)C(C)(C)O1.CC1=C(C)SC(C)(C)C(C)(C)O1.CC1=NC(C)(C)C(C)(C)C(C)(C)N1C.CC1=NC(C)(C)C(C)(C)C(C)(C)O1.CC1=NC(C)(C)C(C)(C)C(C)(C)S1.CC1=NC(C)(C)C(C)(C)C(C)(C)S1.CC1=NOC(C)(C)C(C)(C)O1.Cc1c(C)c(C)n(C)c1C.Cc1nc(C)n(C)c1C. The maximum atomic E-state index is 12.1. The number of rotatable bonds is 0. The Kier molecular flexibility index (Phi) is 31.9. The second kappa shape index (κ2) is 33.8. The van der Waals surface area contributed by atoms with Crippen molar-refractivity contribution >= 4 is 72.8 Å². The normalized spacial score (nSPS) is 25.3. The van der Waals surface area contributed by atoms with E-state index in [1.54, 1.807) is 48.5 Å². The highest BCUT2D eigenvalue weighted by atomic mass is 32.2. The van der Waals surface area contributed by atoms with Crippen LogP contribution in [0.4, 0.5) is 0 Å². The lowest BCUT2D eigenvalue weighted by atomic mass is 9.61. The molecule has 16 nitrogen and oxygen atoms in total. The Balaban J connectivity index is 0.000000615. The summed E-state index contributed by atoms with van der Waals surface area (Å²) in [6, 6.07) is 0. The predicted octanol–water partition coefficient (Wildman–Crippen LogP) is 24.7. The van der Waals surface area contributed by atoms with Crippen molar-refractivity contribution in [1.82, 2.24) is 19.0 Å². The molecule has 0 unspecified atom stereocenters. The summed E-state index contributed by atoms with van der Waals surface area (Å²) in [5.41, 5.74) is 7.30. The van der Waals surface area contributed by atoms with E-state index in [4.69, 9.17) is 38.8 Å². The topological polar surface area (TPSA) is 168 Å². The quantitative estimate of drug-likeness (QED) is 0.245. The van der Waals surface area contributed by atoms with Crippen molar-refractivity contribution in [3.8, 4) is 0 Å². The number of thioether (sulfide) groups is 3. The molecular formula is C89H165N9O7S4. The molecule has 0 aliphatic carbocycles. The molecule has 7 aliphatic heterocycles. The molecule has 2 aromatic rings. The van der Waals surface area contributed by atoms with E-state index < -0.39 is 20.2 Å². The summed E-state index contributed by atoms with van der Waals surface area (Å²) >= 11 is 5.72. The first kappa shape index (κ1) is 103. The van der Waals surface area contributed by atoms with Gasteiger partial charge in [0.2, 0.25) is 5.90 Å². The molecule has 9 rings (SSSR count). The number of oxime groups is 1. The smallest absolute Gasteiger partial charge is 0.223 e. The third kappa shape index (κ3) is 21.4. The molecular weight excluding hydrogens is 1440 g/mol. The van der Waals surface area contributed by atoms with Gasteiger partial charge in [0.25, 0.3) is 0 Å². The number of sulfone groups is 1. The average molecular weight is 1600 g/mol. The Morgan fingerprint density at radius 1 is 0.349 bits per heavy atom. The first-order valence-corrected chi connectivity index (χ1v) is 43.3. The van der Waals surface area contributed by atoms with Crippen molar-refractivity contribution < 1.29 is 32.2 Å². The Bertz CT molecular complexity index is 3640. The van der Waals surface area contributed by atoms with Gasteiger partial charge in [-0.25, -0.2) is 18.4 Å². The van der Waals surface area contributed by atoms with Gasteiger partial charge in [-0.3, -0.25) is 15.0 Å². The van der Waals surface area contributed by atoms with Gasteiger partial charge >= 0.3 is 0 Å². The molecule has 0 atom stereocenters. The molecule has 20 heteroatoms. The van der Waals surface area contributed by atoms with Crippen LogP contribution in [0, 0.1) is 70.1 Å². The monoisotopic (exact) mass is 1600 g/mol. The van der Waals surface area contributed by atoms with E-state index in [0.717, 1.165) is 29.0 Å². The molecule has 7 aliphatic rings. The minimum Gasteiger partial charge on any atom is -0.490 e. The van der Waals surface area contributed by atoms with E-state index in [9.17, 15) is 8.42 Å². The summed E-state index contributed by atoms with van der Waals surface area (Å²) < 4.78 is 51.2. The maximum Gasteiger partial charge on any atom is 0.223 e. The lowest BCUT2D eigenvalue weighted by molar-refractivity contribution is -0.166. The highest BCUT2D eigenvalue weighted by Crippen LogP contribution is 2.56. The number of aryl methyl sites for hydroxylation is 2. The molecule has 0 amide bonds. The van der Waals surface area contributed by atoms with Gasteiger partial charge in [0, 0.05) is 93.7 Å². The maximum absolute atomic E-state index is 12.1. The number of aromatic nitrogens is 3. The van der Waals surface area contributed by atoms with E-state index in [-0.39, 0.29) is 86.0 Å². The fraction of sp³-hybridized carbons (Fsp3) is 0.820. The summed E-state index contributed by atoms with van der Waals surface area (Å²) in [5.74, 6) is 5.20.